The molecule has 40 heavy (non-hydrogen) atoms. The quantitative estimate of drug-likeness (QED) is 0.422. The van der Waals surface area contributed by atoms with Crippen LogP contribution >= 0.6 is 11.8 Å². The zero-order chi connectivity index (χ0) is 29.6. The van der Waals surface area contributed by atoms with Gasteiger partial charge in [0, 0.05) is 17.6 Å². The molecule has 1 saturated heterocycles. The molecule has 1 fully saturated rings. The van der Waals surface area contributed by atoms with E-state index in [1.807, 2.05) is 45.2 Å². The topological polar surface area (TPSA) is 104 Å². The van der Waals surface area contributed by atoms with E-state index in [4.69, 9.17) is 0 Å². The first-order valence-electron chi connectivity index (χ1n) is 13.6. The maximum absolute atomic E-state index is 13.8. The molecule has 2 N–H and O–H groups in total. The fourth-order valence-electron chi connectivity index (χ4n) is 4.71. The fraction of sp³-hybridized carbons (Fsp3) is 0.452. The number of likely N-dealkylation sites (tertiary alicyclic amines) is 1. The van der Waals surface area contributed by atoms with Gasteiger partial charge in [-0.25, -0.2) is 4.98 Å². The van der Waals surface area contributed by atoms with Crippen molar-refractivity contribution in [1.29, 1.82) is 0 Å². The van der Waals surface area contributed by atoms with E-state index in [0.717, 1.165) is 16.0 Å². The number of allylic oxidation sites excluding steroid dienone is 1. The first kappa shape index (κ1) is 31.1. The average molecular weight is 564 g/mol. The molecule has 1 aromatic carbocycles. The van der Waals surface area contributed by atoms with Crippen LogP contribution in [0.1, 0.15) is 87.7 Å². The molecule has 0 radical (unpaired) electrons. The summed E-state index contributed by atoms with van der Waals surface area (Å²) in [4.78, 5) is 51.1. The Morgan fingerprint density at radius 3 is 2.33 bits per heavy atom. The molecule has 2 unspecified atom stereocenters. The van der Waals surface area contributed by atoms with Gasteiger partial charge in [0.1, 0.15) is 17.8 Å². The van der Waals surface area contributed by atoms with Crippen LogP contribution < -0.4 is 10.6 Å². The van der Waals surface area contributed by atoms with Crippen molar-refractivity contribution in [2.24, 2.45) is 5.41 Å². The van der Waals surface area contributed by atoms with Gasteiger partial charge in [-0.1, -0.05) is 69.0 Å². The summed E-state index contributed by atoms with van der Waals surface area (Å²) in [6.45, 7) is 17.8. The van der Waals surface area contributed by atoms with Crippen molar-refractivity contribution in [3.8, 4) is 0 Å². The van der Waals surface area contributed by atoms with Gasteiger partial charge in [0.15, 0.2) is 0 Å². The highest BCUT2D eigenvalue weighted by molar-refractivity contribution is 8.10. The third kappa shape index (κ3) is 7.59. The molecule has 8 nitrogen and oxygen atoms in total. The monoisotopic (exact) mass is 563 g/mol. The second-order valence-electron chi connectivity index (χ2n) is 11.5. The molecule has 1 aromatic heterocycles. The maximum atomic E-state index is 13.8. The summed E-state index contributed by atoms with van der Waals surface area (Å²) in [6, 6.07) is 6.47. The smallest absolute Gasteiger partial charge is 0.272 e. The molecule has 1 aliphatic rings. The molecule has 3 rings (SSSR count). The number of aromatic nitrogens is 2. The Bertz CT molecular complexity index is 1260. The molecule has 214 valence electrons. The molecule has 0 spiro atoms. The lowest BCUT2D eigenvalue weighted by atomic mass is 9.85. The molecule has 9 heteroatoms. The number of benzene rings is 1. The number of carbonyl (C=O) groups excluding carboxylic acids is 3. The molecule has 0 bridgehead atoms. The summed E-state index contributed by atoms with van der Waals surface area (Å²) in [6.07, 6.45) is 4.20. The van der Waals surface area contributed by atoms with Crippen LogP contribution in [0.4, 0.5) is 0 Å². The molecular weight excluding hydrogens is 522 g/mol. The molecule has 1 aliphatic heterocycles. The third-order valence-corrected chi connectivity index (χ3v) is 7.97. The highest BCUT2D eigenvalue weighted by atomic mass is 32.2. The van der Waals surface area contributed by atoms with Gasteiger partial charge < -0.3 is 15.5 Å². The Morgan fingerprint density at radius 2 is 1.77 bits per heavy atom. The number of rotatable bonds is 9. The van der Waals surface area contributed by atoms with E-state index >= 15 is 0 Å². The average Bonchev–Trinajstić information content (AvgIpc) is 3.40. The first-order chi connectivity index (χ1) is 18.8. The first-order valence-corrected chi connectivity index (χ1v) is 14.5. The van der Waals surface area contributed by atoms with E-state index in [-0.39, 0.29) is 23.6 Å². The van der Waals surface area contributed by atoms with Gasteiger partial charge >= 0.3 is 0 Å². The van der Waals surface area contributed by atoms with Crippen molar-refractivity contribution in [3.05, 3.63) is 76.7 Å². The highest BCUT2D eigenvalue weighted by Gasteiger charge is 2.42. The van der Waals surface area contributed by atoms with Crippen LogP contribution in [-0.4, -0.2) is 51.2 Å². The van der Waals surface area contributed by atoms with Crippen LogP contribution in [0.5, 0.6) is 0 Å². The normalized spacial score (nSPS) is 16.6. The Morgan fingerprint density at radius 1 is 1.10 bits per heavy atom. The lowest BCUT2D eigenvalue weighted by Crippen LogP contribution is -2.57. The van der Waals surface area contributed by atoms with E-state index in [0.29, 0.717) is 25.1 Å². The van der Waals surface area contributed by atoms with Gasteiger partial charge in [0.25, 0.3) is 5.91 Å². The number of aryl methyl sites for hydroxylation is 1. The molecule has 2 heterocycles. The van der Waals surface area contributed by atoms with Gasteiger partial charge in [-0.05, 0) is 62.5 Å². The van der Waals surface area contributed by atoms with Crippen molar-refractivity contribution in [1.82, 2.24) is 25.5 Å². The minimum absolute atomic E-state index is 0.142. The summed E-state index contributed by atoms with van der Waals surface area (Å²) in [5.41, 5.74) is 3.54. The van der Waals surface area contributed by atoms with Crippen LogP contribution in [0.15, 0.2) is 54.2 Å². The van der Waals surface area contributed by atoms with Crippen LogP contribution in [0.3, 0.4) is 0 Å². The Balaban J connectivity index is 1.72. The zero-order valence-electron chi connectivity index (χ0n) is 24.6. The SMILES string of the molecule is C=CSC(=C(C)C)c1ccc([C@H](C)NC(=O)C2CCCN2C(=O)C(NC(=O)c2cnc(C)cn2)C(C)(C)C)cc1. The fourth-order valence-corrected chi connectivity index (χ4v) is 5.38. The van der Waals surface area contributed by atoms with Crippen molar-refractivity contribution in [3.63, 3.8) is 0 Å². The minimum Gasteiger partial charge on any atom is -0.348 e. The summed E-state index contributed by atoms with van der Waals surface area (Å²) in [5.74, 6) is -0.941. The Labute approximate surface area is 242 Å². The maximum Gasteiger partial charge on any atom is 0.272 e. The van der Waals surface area contributed by atoms with E-state index in [1.165, 1.54) is 18.0 Å². The van der Waals surface area contributed by atoms with Gasteiger partial charge in [0.2, 0.25) is 11.8 Å². The molecule has 3 atom stereocenters. The lowest BCUT2D eigenvalue weighted by Gasteiger charge is -2.35. The number of hydrogen-bond acceptors (Lipinski definition) is 6. The molecular formula is C31H41N5O3S. The van der Waals surface area contributed by atoms with E-state index < -0.39 is 23.4 Å². The van der Waals surface area contributed by atoms with Crippen LogP contribution in [0.2, 0.25) is 0 Å². The number of nitrogens with one attached hydrogen (secondary N) is 2. The van der Waals surface area contributed by atoms with Crippen molar-refractivity contribution in [2.45, 2.75) is 79.4 Å². The molecule has 0 aliphatic carbocycles. The van der Waals surface area contributed by atoms with Crippen molar-refractivity contribution in [2.75, 3.05) is 6.54 Å². The van der Waals surface area contributed by atoms with Crippen molar-refractivity contribution >= 4 is 34.4 Å². The summed E-state index contributed by atoms with van der Waals surface area (Å²) < 4.78 is 0. The van der Waals surface area contributed by atoms with E-state index in [9.17, 15) is 14.4 Å². The van der Waals surface area contributed by atoms with E-state index in [1.54, 1.807) is 23.6 Å². The Kier molecular flexibility index (Phi) is 10.3. The van der Waals surface area contributed by atoms with E-state index in [2.05, 4.69) is 53.2 Å². The predicted octanol–water partition coefficient (Wildman–Crippen LogP) is 5.43. The molecule has 3 amide bonds. The summed E-state index contributed by atoms with van der Waals surface area (Å²) >= 11 is 1.59. The van der Waals surface area contributed by atoms with Gasteiger partial charge in [-0.3, -0.25) is 19.4 Å². The minimum atomic E-state index is -0.834. The standard InChI is InChI=1S/C31H41N5O3S/c1-9-40-26(19(2)3)23-14-12-22(13-15-23)21(5)34-29(38)25-11-10-16-36(25)30(39)27(31(6,7)8)35-28(37)24-18-32-20(4)17-33-24/h9,12-15,17-18,21,25,27H,1,10-11,16H2,2-8H3,(H,34,38)(H,35,37)/t21-,25?,27?/m0/s1. The third-order valence-electron chi connectivity index (χ3n) is 6.93. The number of carbonyl (C=O) groups is 3. The predicted molar refractivity (Wildman–Crippen MR) is 161 cm³/mol. The summed E-state index contributed by atoms with van der Waals surface area (Å²) in [5, 5.41) is 7.77. The number of thioether (sulfide) groups is 1. The zero-order valence-corrected chi connectivity index (χ0v) is 25.4. The van der Waals surface area contributed by atoms with Crippen LogP contribution in [0.25, 0.3) is 4.91 Å². The molecule has 2 aromatic rings. The molecule has 0 saturated carbocycles. The number of hydrogen-bond donors (Lipinski definition) is 2. The van der Waals surface area contributed by atoms with Crippen LogP contribution in [-0.2, 0) is 9.59 Å². The number of nitrogens with zero attached hydrogens (tertiary/aromatic N) is 3. The highest BCUT2D eigenvalue weighted by Crippen LogP contribution is 2.32. The van der Waals surface area contributed by atoms with Crippen molar-refractivity contribution < 1.29 is 14.4 Å². The van der Waals surface area contributed by atoms with Gasteiger partial charge in [0.05, 0.1) is 17.9 Å². The lowest BCUT2D eigenvalue weighted by molar-refractivity contribution is -0.142. The second kappa shape index (κ2) is 13.3. The Hall–Kier alpha value is -3.46. The van der Waals surface area contributed by atoms with Crippen LogP contribution in [0, 0.1) is 12.3 Å². The second-order valence-corrected chi connectivity index (χ2v) is 12.4. The van der Waals surface area contributed by atoms with Gasteiger partial charge in [-0.2, -0.15) is 0 Å². The summed E-state index contributed by atoms with van der Waals surface area (Å²) in [7, 11) is 0. The largest absolute Gasteiger partial charge is 0.348 e. The van der Waals surface area contributed by atoms with Gasteiger partial charge in [-0.15, -0.1) is 0 Å². The number of amides is 3.